The number of alkyl halides is 3. The lowest BCUT2D eigenvalue weighted by Crippen LogP contribution is -2.26. The van der Waals surface area contributed by atoms with Crippen LogP contribution < -0.4 is 10.2 Å². The zero-order chi connectivity index (χ0) is 20.7. The first kappa shape index (κ1) is 21.4. The third-order valence-electron chi connectivity index (χ3n) is 3.62. The Morgan fingerprint density at radius 3 is 2.50 bits per heavy atom. The molecular weight excluding hydrogens is 395 g/mol. The van der Waals surface area contributed by atoms with Crippen LogP contribution in [0.2, 0.25) is 0 Å². The Bertz CT molecular complexity index is 835. The number of amides is 1. The minimum Gasteiger partial charge on any atom is -0.481 e. The van der Waals surface area contributed by atoms with Crippen molar-refractivity contribution in [3.63, 3.8) is 0 Å². The van der Waals surface area contributed by atoms with Crippen molar-refractivity contribution < 1.29 is 27.9 Å². The lowest BCUT2D eigenvalue weighted by molar-refractivity contribution is -0.140. The molecule has 150 valence electrons. The largest absolute Gasteiger partial charge is 0.481 e. The maximum Gasteiger partial charge on any atom is 0.434 e. The molecule has 1 aromatic carbocycles. The molecule has 10 heteroatoms. The summed E-state index contributed by atoms with van der Waals surface area (Å²) in [6.07, 6.45) is -3.10. The zero-order valence-corrected chi connectivity index (χ0v) is 15.5. The van der Waals surface area contributed by atoms with E-state index in [4.69, 9.17) is 5.11 Å². The monoisotopic (exact) mass is 413 g/mol. The van der Waals surface area contributed by atoms with Gasteiger partial charge in [0, 0.05) is 30.6 Å². The van der Waals surface area contributed by atoms with E-state index in [0.29, 0.717) is 12.1 Å². The number of anilines is 1. The third-order valence-corrected chi connectivity index (χ3v) is 4.52. The summed E-state index contributed by atoms with van der Waals surface area (Å²) in [5, 5.41) is 12.3. The van der Waals surface area contributed by atoms with Gasteiger partial charge in [0.15, 0.2) is 10.8 Å². The predicted molar refractivity (Wildman–Crippen MR) is 99.4 cm³/mol. The van der Waals surface area contributed by atoms with Gasteiger partial charge in [0.25, 0.3) is 5.91 Å². The van der Waals surface area contributed by atoms with E-state index in [0.717, 1.165) is 22.3 Å². The Hall–Kier alpha value is -2.88. The molecule has 0 fully saturated rings. The van der Waals surface area contributed by atoms with E-state index in [-0.39, 0.29) is 24.6 Å². The molecule has 1 amide bonds. The molecule has 0 bridgehead atoms. The molecule has 1 aromatic heterocycles. The smallest absolute Gasteiger partial charge is 0.434 e. The van der Waals surface area contributed by atoms with Gasteiger partial charge in [0.05, 0.1) is 6.42 Å². The number of nitrogens with zero attached hydrogens (tertiary/aromatic N) is 2. The second kappa shape index (κ2) is 9.36. The van der Waals surface area contributed by atoms with Crippen LogP contribution in [-0.2, 0) is 17.5 Å². The average Bonchev–Trinajstić information content (AvgIpc) is 3.12. The first-order valence-electron chi connectivity index (χ1n) is 8.18. The van der Waals surface area contributed by atoms with Crippen molar-refractivity contribution in [2.75, 3.05) is 18.0 Å². The molecule has 2 aromatic rings. The van der Waals surface area contributed by atoms with Gasteiger partial charge in [-0.05, 0) is 17.7 Å². The summed E-state index contributed by atoms with van der Waals surface area (Å²) >= 11 is 0.898. The molecule has 0 atom stereocenters. The van der Waals surface area contributed by atoms with Gasteiger partial charge in [0.2, 0.25) is 0 Å². The van der Waals surface area contributed by atoms with Crippen LogP contribution in [0.15, 0.2) is 42.3 Å². The molecule has 0 saturated carbocycles. The minimum absolute atomic E-state index is 0.0224. The van der Waals surface area contributed by atoms with Gasteiger partial charge in [-0.15, -0.1) is 17.9 Å². The number of hydrogen-bond acceptors (Lipinski definition) is 5. The van der Waals surface area contributed by atoms with E-state index in [1.54, 1.807) is 35.2 Å². The molecule has 0 aliphatic carbocycles. The summed E-state index contributed by atoms with van der Waals surface area (Å²) in [7, 11) is 0. The molecule has 0 aliphatic rings. The van der Waals surface area contributed by atoms with Crippen molar-refractivity contribution in [1.82, 2.24) is 10.3 Å². The maximum absolute atomic E-state index is 12.8. The van der Waals surface area contributed by atoms with E-state index in [9.17, 15) is 22.8 Å². The molecule has 0 saturated heterocycles. The number of halogens is 3. The lowest BCUT2D eigenvalue weighted by Gasteiger charge is -2.20. The molecule has 0 aliphatic heterocycles. The molecule has 0 spiro atoms. The van der Waals surface area contributed by atoms with Crippen molar-refractivity contribution in [3.05, 3.63) is 59.1 Å². The minimum atomic E-state index is -4.50. The molecule has 0 radical (unpaired) electrons. The van der Waals surface area contributed by atoms with Crippen molar-refractivity contribution in [2.24, 2.45) is 0 Å². The number of carbonyl (C=O) groups is 2. The van der Waals surface area contributed by atoms with Crippen molar-refractivity contribution >= 4 is 28.3 Å². The Kier molecular flexibility index (Phi) is 7.16. The van der Waals surface area contributed by atoms with Crippen LogP contribution in [0.1, 0.15) is 28.0 Å². The maximum atomic E-state index is 12.8. The van der Waals surface area contributed by atoms with Crippen molar-refractivity contribution in [1.29, 1.82) is 0 Å². The standard InChI is InChI=1S/C18H18F3N3O3S/c1-2-9-24(17-23-14(11-28-17)18(19,20)21)10-12-3-5-13(6-4-12)16(27)22-8-7-15(25)26/h2-6,11H,1,7-10H2,(H,22,27)(H,25,26). The number of hydrogen-bond donors (Lipinski definition) is 2. The van der Waals surface area contributed by atoms with E-state index >= 15 is 0 Å². The number of nitrogens with one attached hydrogen (secondary N) is 1. The number of carboxylic acid groups (broad SMARTS) is 1. The summed E-state index contributed by atoms with van der Waals surface area (Å²) in [4.78, 5) is 27.7. The van der Waals surface area contributed by atoms with Crippen LogP contribution in [0.25, 0.3) is 0 Å². The summed E-state index contributed by atoms with van der Waals surface area (Å²) < 4.78 is 38.3. The predicted octanol–water partition coefficient (Wildman–Crippen LogP) is 3.56. The molecule has 6 nitrogen and oxygen atoms in total. The average molecular weight is 413 g/mol. The first-order valence-corrected chi connectivity index (χ1v) is 9.06. The first-order chi connectivity index (χ1) is 13.2. The van der Waals surface area contributed by atoms with Gasteiger partial charge in [-0.3, -0.25) is 9.59 Å². The van der Waals surface area contributed by atoms with Crippen LogP contribution in [0.4, 0.5) is 18.3 Å². The molecule has 0 unspecified atom stereocenters. The Balaban J connectivity index is 2.05. The highest BCUT2D eigenvalue weighted by Crippen LogP contribution is 2.33. The normalized spacial score (nSPS) is 11.1. The summed E-state index contributed by atoms with van der Waals surface area (Å²) in [5.41, 5.74) is 0.195. The Morgan fingerprint density at radius 1 is 1.29 bits per heavy atom. The third kappa shape index (κ3) is 6.08. The number of carboxylic acids is 1. The number of benzene rings is 1. The fourth-order valence-electron chi connectivity index (χ4n) is 2.27. The van der Waals surface area contributed by atoms with Crippen LogP contribution in [0.5, 0.6) is 0 Å². The van der Waals surface area contributed by atoms with Gasteiger partial charge < -0.3 is 15.3 Å². The molecule has 1 heterocycles. The fourth-order valence-corrected chi connectivity index (χ4v) is 3.12. The van der Waals surface area contributed by atoms with E-state index in [1.165, 1.54) is 0 Å². The van der Waals surface area contributed by atoms with Gasteiger partial charge in [-0.25, -0.2) is 4.98 Å². The SMILES string of the molecule is C=CCN(Cc1ccc(C(=O)NCCC(=O)O)cc1)c1nc(C(F)(F)F)cs1. The highest BCUT2D eigenvalue weighted by molar-refractivity contribution is 7.13. The van der Waals surface area contributed by atoms with Crippen LogP contribution in [0, 0.1) is 0 Å². The number of thiazole rings is 1. The fraction of sp³-hybridized carbons (Fsp3) is 0.278. The van der Waals surface area contributed by atoms with Gasteiger partial charge in [-0.2, -0.15) is 13.2 Å². The highest BCUT2D eigenvalue weighted by Gasteiger charge is 2.34. The molecule has 2 rings (SSSR count). The van der Waals surface area contributed by atoms with Gasteiger partial charge in [0.1, 0.15) is 0 Å². The summed E-state index contributed by atoms with van der Waals surface area (Å²) in [6.45, 7) is 4.24. The number of aliphatic carboxylic acids is 1. The highest BCUT2D eigenvalue weighted by atomic mass is 32.1. The molecule has 28 heavy (non-hydrogen) atoms. The van der Waals surface area contributed by atoms with Crippen molar-refractivity contribution in [2.45, 2.75) is 19.1 Å². The van der Waals surface area contributed by atoms with Crippen LogP contribution in [0.3, 0.4) is 0 Å². The number of aromatic nitrogens is 1. The Labute approximate surface area is 163 Å². The number of carbonyl (C=O) groups excluding carboxylic acids is 1. The van der Waals surface area contributed by atoms with Crippen molar-refractivity contribution in [3.8, 4) is 0 Å². The molecule has 2 N–H and O–H groups in total. The summed E-state index contributed by atoms with van der Waals surface area (Å²) in [6, 6.07) is 6.50. The second-order valence-electron chi connectivity index (χ2n) is 5.78. The number of rotatable bonds is 9. The topological polar surface area (TPSA) is 82.5 Å². The van der Waals surface area contributed by atoms with E-state index in [2.05, 4.69) is 16.9 Å². The van der Waals surface area contributed by atoms with Gasteiger partial charge >= 0.3 is 12.1 Å². The zero-order valence-electron chi connectivity index (χ0n) is 14.7. The van der Waals surface area contributed by atoms with Crippen LogP contribution >= 0.6 is 11.3 Å². The quantitative estimate of drug-likeness (QED) is 0.615. The summed E-state index contributed by atoms with van der Waals surface area (Å²) in [5.74, 6) is -1.40. The Morgan fingerprint density at radius 2 is 1.96 bits per heavy atom. The second-order valence-corrected chi connectivity index (χ2v) is 6.62. The lowest BCUT2D eigenvalue weighted by atomic mass is 10.1. The van der Waals surface area contributed by atoms with E-state index < -0.39 is 23.7 Å². The van der Waals surface area contributed by atoms with E-state index in [1.807, 2.05) is 0 Å². The van der Waals surface area contributed by atoms with Crippen LogP contribution in [-0.4, -0.2) is 35.1 Å². The molecular formula is C18H18F3N3O3S. The van der Waals surface area contributed by atoms with Gasteiger partial charge in [-0.1, -0.05) is 18.2 Å².